The van der Waals surface area contributed by atoms with Gasteiger partial charge in [0.1, 0.15) is 12.1 Å². The van der Waals surface area contributed by atoms with Crippen molar-refractivity contribution in [1.82, 2.24) is 10.2 Å². The molecule has 2 aliphatic rings. The van der Waals surface area contributed by atoms with Gasteiger partial charge in [0.25, 0.3) is 0 Å². The van der Waals surface area contributed by atoms with Crippen LogP contribution < -0.4 is 5.32 Å². The Hall–Kier alpha value is -1.10. The van der Waals surface area contributed by atoms with Gasteiger partial charge in [-0.15, -0.1) is 0 Å². The number of hydrogen-bond acceptors (Lipinski definition) is 3. The van der Waals surface area contributed by atoms with Crippen molar-refractivity contribution in [2.45, 2.75) is 71.7 Å². The van der Waals surface area contributed by atoms with Crippen LogP contribution in [0, 0.1) is 11.3 Å². The summed E-state index contributed by atoms with van der Waals surface area (Å²) in [6.45, 7) is 10.2. The molecule has 2 fully saturated rings. The largest absolute Gasteiger partial charge is 0.381 e. The summed E-state index contributed by atoms with van der Waals surface area (Å²) in [7, 11) is 1.71. The molecule has 1 aliphatic heterocycles. The van der Waals surface area contributed by atoms with Crippen LogP contribution in [0.4, 0.5) is 0 Å². The zero-order valence-corrected chi connectivity index (χ0v) is 14.0. The minimum absolute atomic E-state index is 0.0203. The first-order valence-corrected chi connectivity index (χ1v) is 7.91. The fourth-order valence-corrected chi connectivity index (χ4v) is 3.75. The molecule has 1 saturated heterocycles. The second kappa shape index (κ2) is 5.59. The molecule has 1 N–H and O–H groups in total. The van der Waals surface area contributed by atoms with Crippen molar-refractivity contribution in [2.75, 3.05) is 7.11 Å². The molecular weight excluding hydrogens is 268 g/mol. The van der Waals surface area contributed by atoms with Crippen LogP contribution in [0.1, 0.15) is 47.5 Å². The average molecular weight is 296 g/mol. The van der Waals surface area contributed by atoms with Crippen molar-refractivity contribution >= 4 is 11.8 Å². The van der Waals surface area contributed by atoms with Crippen molar-refractivity contribution in [1.29, 1.82) is 0 Å². The number of ether oxygens (including phenoxy) is 1. The van der Waals surface area contributed by atoms with E-state index in [0.29, 0.717) is 6.42 Å². The fraction of sp³-hybridized carbons (Fsp3) is 0.875. The van der Waals surface area contributed by atoms with E-state index >= 15 is 0 Å². The van der Waals surface area contributed by atoms with Gasteiger partial charge in [-0.3, -0.25) is 9.59 Å². The van der Waals surface area contributed by atoms with E-state index in [0.717, 1.165) is 6.42 Å². The Morgan fingerprint density at radius 2 is 2.00 bits per heavy atom. The van der Waals surface area contributed by atoms with Crippen LogP contribution in [-0.4, -0.2) is 48.1 Å². The Balaban J connectivity index is 2.32. The molecule has 0 aromatic carbocycles. The lowest BCUT2D eigenvalue weighted by molar-refractivity contribution is -0.181. The third-order valence-electron chi connectivity index (χ3n) is 5.22. The Morgan fingerprint density at radius 1 is 1.38 bits per heavy atom. The lowest BCUT2D eigenvalue weighted by Crippen LogP contribution is -2.73. The summed E-state index contributed by atoms with van der Waals surface area (Å²) in [5, 5.41) is 2.87. The van der Waals surface area contributed by atoms with Gasteiger partial charge in [-0.2, -0.15) is 0 Å². The minimum Gasteiger partial charge on any atom is -0.381 e. The van der Waals surface area contributed by atoms with Gasteiger partial charge in [0.05, 0.1) is 6.10 Å². The van der Waals surface area contributed by atoms with E-state index in [1.54, 1.807) is 7.11 Å². The van der Waals surface area contributed by atoms with Crippen LogP contribution in [0.15, 0.2) is 0 Å². The number of hydrogen-bond donors (Lipinski definition) is 1. The Labute approximate surface area is 127 Å². The van der Waals surface area contributed by atoms with Gasteiger partial charge in [0.2, 0.25) is 11.8 Å². The van der Waals surface area contributed by atoms with Gasteiger partial charge < -0.3 is 15.0 Å². The van der Waals surface area contributed by atoms with Crippen molar-refractivity contribution < 1.29 is 14.3 Å². The van der Waals surface area contributed by atoms with Crippen LogP contribution in [0.25, 0.3) is 0 Å². The number of amides is 2. The summed E-state index contributed by atoms with van der Waals surface area (Å²) in [5.74, 6) is 0.140. The summed E-state index contributed by atoms with van der Waals surface area (Å²) in [4.78, 5) is 27.1. The predicted molar refractivity (Wildman–Crippen MR) is 80.7 cm³/mol. The summed E-state index contributed by atoms with van der Waals surface area (Å²) < 4.78 is 5.49. The smallest absolute Gasteiger partial charge is 0.246 e. The maximum absolute atomic E-state index is 12.8. The van der Waals surface area contributed by atoms with Crippen molar-refractivity contribution in [2.24, 2.45) is 11.3 Å². The maximum atomic E-state index is 12.8. The SMILES string of the molecule is CCC1NC(=O)C(C(C)C)N(C2CC(OC)C2(C)C)C1=O. The molecule has 0 aromatic heterocycles. The first-order chi connectivity index (χ1) is 9.75. The third-order valence-corrected chi connectivity index (χ3v) is 5.22. The maximum Gasteiger partial charge on any atom is 0.246 e. The highest BCUT2D eigenvalue weighted by Gasteiger charge is 2.57. The van der Waals surface area contributed by atoms with E-state index in [2.05, 4.69) is 19.2 Å². The van der Waals surface area contributed by atoms with Gasteiger partial charge in [-0.05, 0) is 18.8 Å². The molecular formula is C16H28N2O3. The molecule has 1 saturated carbocycles. The van der Waals surface area contributed by atoms with E-state index in [1.165, 1.54) is 0 Å². The molecule has 0 radical (unpaired) electrons. The van der Waals surface area contributed by atoms with Gasteiger partial charge >= 0.3 is 0 Å². The predicted octanol–water partition coefficient (Wildman–Crippen LogP) is 1.56. The Kier molecular flexibility index (Phi) is 4.34. The van der Waals surface area contributed by atoms with E-state index in [-0.39, 0.29) is 47.4 Å². The van der Waals surface area contributed by atoms with Crippen LogP contribution in [0.2, 0.25) is 0 Å². The second-order valence-electron chi connectivity index (χ2n) is 7.20. The molecule has 0 spiro atoms. The zero-order chi connectivity index (χ0) is 15.9. The molecule has 120 valence electrons. The molecule has 5 heteroatoms. The lowest BCUT2D eigenvalue weighted by atomic mass is 9.63. The lowest BCUT2D eigenvalue weighted by Gasteiger charge is -2.58. The summed E-state index contributed by atoms with van der Waals surface area (Å²) >= 11 is 0. The van der Waals surface area contributed by atoms with Gasteiger partial charge in [0.15, 0.2) is 0 Å². The van der Waals surface area contributed by atoms with Crippen LogP contribution in [-0.2, 0) is 14.3 Å². The first-order valence-electron chi connectivity index (χ1n) is 7.91. The number of carbonyl (C=O) groups excluding carboxylic acids is 2. The number of methoxy groups -OCH3 is 1. The Morgan fingerprint density at radius 3 is 2.43 bits per heavy atom. The van der Waals surface area contributed by atoms with Crippen molar-refractivity contribution in [3.05, 3.63) is 0 Å². The van der Waals surface area contributed by atoms with Gasteiger partial charge in [-0.1, -0.05) is 34.6 Å². The second-order valence-corrected chi connectivity index (χ2v) is 7.20. The van der Waals surface area contributed by atoms with E-state index in [4.69, 9.17) is 4.74 Å². The zero-order valence-electron chi connectivity index (χ0n) is 14.0. The van der Waals surface area contributed by atoms with E-state index in [9.17, 15) is 9.59 Å². The molecule has 4 unspecified atom stereocenters. The summed E-state index contributed by atoms with van der Waals surface area (Å²) in [6.07, 6.45) is 1.59. The number of carbonyl (C=O) groups is 2. The Bertz CT molecular complexity index is 433. The molecule has 2 amide bonds. The standard InChI is InChI=1S/C16H28N2O3/c1-7-10-15(20)18(13(9(2)3)14(19)17-10)11-8-12(21-6)16(11,4)5/h9-13H,7-8H2,1-6H3,(H,17,19). The quantitative estimate of drug-likeness (QED) is 0.856. The van der Waals surface area contributed by atoms with Gasteiger partial charge in [0, 0.05) is 18.6 Å². The first kappa shape index (κ1) is 16.3. The monoisotopic (exact) mass is 296 g/mol. The van der Waals surface area contributed by atoms with E-state index in [1.807, 2.05) is 25.7 Å². The topological polar surface area (TPSA) is 58.6 Å². The normalized spacial score (nSPS) is 35.7. The number of rotatable bonds is 4. The van der Waals surface area contributed by atoms with Crippen molar-refractivity contribution in [3.63, 3.8) is 0 Å². The summed E-state index contributed by atoms with van der Waals surface area (Å²) in [5.41, 5.74) is -0.118. The molecule has 5 nitrogen and oxygen atoms in total. The fourth-order valence-electron chi connectivity index (χ4n) is 3.75. The molecule has 21 heavy (non-hydrogen) atoms. The molecule has 0 bridgehead atoms. The van der Waals surface area contributed by atoms with Crippen molar-refractivity contribution in [3.8, 4) is 0 Å². The average Bonchev–Trinajstić information content (AvgIpc) is 2.40. The van der Waals surface area contributed by atoms with Crippen LogP contribution in [0.3, 0.4) is 0 Å². The highest BCUT2D eigenvalue weighted by Crippen LogP contribution is 2.47. The molecule has 4 atom stereocenters. The summed E-state index contributed by atoms with van der Waals surface area (Å²) in [6, 6.07) is -0.685. The minimum atomic E-state index is -0.384. The molecule has 1 heterocycles. The third kappa shape index (κ3) is 2.45. The van der Waals surface area contributed by atoms with Gasteiger partial charge in [-0.25, -0.2) is 0 Å². The highest BCUT2D eigenvalue weighted by molar-refractivity contribution is 5.97. The number of piperazine rings is 1. The highest BCUT2D eigenvalue weighted by atomic mass is 16.5. The van der Waals surface area contributed by atoms with Crippen LogP contribution in [0.5, 0.6) is 0 Å². The number of nitrogens with zero attached hydrogens (tertiary/aromatic N) is 1. The molecule has 1 aliphatic carbocycles. The van der Waals surface area contributed by atoms with Crippen LogP contribution >= 0.6 is 0 Å². The molecule has 0 aromatic rings. The number of nitrogens with one attached hydrogen (secondary N) is 1. The molecule has 2 rings (SSSR count). The van der Waals surface area contributed by atoms with E-state index < -0.39 is 0 Å².